The first kappa shape index (κ1) is 16.2. The highest BCUT2D eigenvalue weighted by Gasteiger charge is 2.05. The summed E-state index contributed by atoms with van der Waals surface area (Å²) in [5.41, 5.74) is 6.28. The zero-order valence-corrected chi connectivity index (χ0v) is 12.2. The van der Waals surface area contributed by atoms with Crippen LogP contribution in [0, 0.1) is 0 Å². The fraction of sp³-hybridized carbons (Fsp3) is 0.125. The van der Waals surface area contributed by atoms with Gasteiger partial charge in [-0.25, -0.2) is 9.78 Å². The second-order valence-corrected chi connectivity index (χ2v) is 4.61. The van der Waals surface area contributed by atoms with Gasteiger partial charge >= 0.3 is 5.97 Å². The van der Waals surface area contributed by atoms with Crippen LogP contribution in [-0.4, -0.2) is 35.9 Å². The zero-order chi connectivity index (χ0) is 16.7. The summed E-state index contributed by atoms with van der Waals surface area (Å²) in [6.07, 6.45) is 2.68. The van der Waals surface area contributed by atoms with Crippen LogP contribution in [0.3, 0.4) is 0 Å². The SMILES string of the molecule is NC(=O)CNC(=O)COC(=O)/C=C/c1ccc2ccccc2n1. The van der Waals surface area contributed by atoms with Crippen molar-refractivity contribution >= 4 is 34.8 Å². The fourth-order valence-corrected chi connectivity index (χ4v) is 1.75. The molecule has 0 saturated heterocycles. The van der Waals surface area contributed by atoms with E-state index >= 15 is 0 Å². The van der Waals surface area contributed by atoms with Crippen LogP contribution in [0.2, 0.25) is 0 Å². The van der Waals surface area contributed by atoms with Gasteiger partial charge in [-0.2, -0.15) is 0 Å². The summed E-state index contributed by atoms with van der Waals surface area (Å²) in [7, 11) is 0. The van der Waals surface area contributed by atoms with Crippen LogP contribution in [0.5, 0.6) is 0 Å². The molecule has 1 heterocycles. The predicted molar refractivity (Wildman–Crippen MR) is 83.9 cm³/mol. The van der Waals surface area contributed by atoms with Crippen molar-refractivity contribution in [2.24, 2.45) is 5.73 Å². The molecule has 118 valence electrons. The molecule has 0 saturated carbocycles. The summed E-state index contributed by atoms with van der Waals surface area (Å²) >= 11 is 0. The lowest BCUT2D eigenvalue weighted by molar-refractivity contribution is -0.143. The highest BCUT2D eigenvalue weighted by atomic mass is 16.5. The van der Waals surface area contributed by atoms with Gasteiger partial charge in [-0.3, -0.25) is 9.59 Å². The average molecular weight is 313 g/mol. The van der Waals surface area contributed by atoms with Crippen molar-refractivity contribution in [2.45, 2.75) is 0 Å². The first-order valence-corrected chi connectivity index (χ1v) is 6.80. The van der Waals surface area contributed by atoms with Crippen LogP contribution in [0.25, 0.3) is 17.0 Å². The molecule has 0 spiro atoms. The van der Waals surface area contributed by atoms with Crippen molar-refractivity contribution in [3.63, 3.8) is 0 Å². The highest BCUT2D eigenvalue weighted by molar-refractivity contribution is 5.90. The number of aromatic nitrogens is 1. The van der Waals surface area contributed by atoms with E-state index in [1.54, 1.807) is 6.07 Å². The molecule has 0 unspecified atom stereocenters. The van der Waals surface area contributed by atoms with E-state index < -0.39 is 24.4 Å². The minimum absolute atomic E-state index is 0.298. The van der Waals surface area contributed by atoms with E-state index in [0.29, 0.717) is 5.69 Å². The number of rotatable bonds is 6. The standard InChI is InChI=1S/C16H15N3O4/c17-14(20)9-18-15(21)10-23-16(22)8-7-12-6-5-11-3-1-2-4-13(11)19-12/h1-8H,9-10H2,(H2,17,20)(H,18,21)/b8-7+. The Bertz CT molecular complexity index is 771. The number of para-hydroxylation sites is 1. The summed E-state index contributed by atoms with van der Waals surface area (Å²) in [6, 6.07) is 11.3. The number of hydrogen-bond acceptors (Lipinski definition) is 5. The van der Waals surface area contributed by atoms with Gasteiger partial charge in [0.15, 0.2) is 6.61 Å². The predicted octanol–water partition coefficient (Wildman–Crippen LogP) is 0.393. The number of ether oxygens (including phenoxy) is 1. The van der Waals surface area contributed by atoms with Crippen LogP contribution < -0.4 is 11.1 Å². The summed E-state index contributed by atoms with van der Waals surface area (Å²) < 4.78 is 4.73. The monoisotopic (exact) mass is 313 g/mol. The quantitative estimate of drug-likeness (QED) is 0.592. The number of pyridine rings is 1. The maximum absolute atomic E-state index is 11.5. The molecule has 1 aromatic carbocycles. The maximum atomic E-state index is 11.5. The van der Waals surface area contributed by atoms with Gasteiger partial charge in [0.2, 0.25) is 5.91 Å². The molecule has 0 fully saturated rings. The topological polar surface area (TPSA) is 111 Å². The summed E-state index contributed by atoms with van der Waals surface area (Å²) in [5.74, 6) is -1.96. The molecule has 2 amide bonds. The van der Waals surface area contributed by atoms with E-state index in [2.05, 4.69) is 10.3 Å². The molecule has 0 radical (unpaired) electrons. The van der Waals surface area contributed by atoms with Gasteiger partial charge in [0, 0.05) is 11.5 Å². The van der Waals surface area contributed by atoms with Crippen molar-refractivity contribution in [3.8, 4) is 0 Å². The largest absolute Gasteiger partial charge is 0.452 e. The van der Waals surface area contributed by atoms with Gasteiger partial charge in [-0.15, -0.1) is 0 Å². The van der Waals surface area contributed by atoms with E-state index in [1.165, 1.54) is 12.2 Å². The molecule has 0 aliphatic carbocycles. The van der Waals surface area contributed by atoms with Crippen LogP contribution >= 0.6 is 0 Å². The second-order valence-electron chi connectivity index (χ2n) is 4.61. The molecule has 0 aliphatic heterocycles. The fourth-order valence-electron chi connectivity index (χ4n) is 1.75. The number of benzene rings is 1. The minimum atomic E-state index is -0.686. The van der Waals surface area contributed by atoms with E-state index in [9.17, 15) is 14.4 Å². The molecule has 1 aromatic heterocycles. The number of esters is 1. The van der Waals surface area contributed by atoms with E-state index in [1.807, 2.05) is 30.3 Å². The van der Waals surface area contributed by atoms with E-state index in [-0.39, 0.29) is 6.54 Å². The first-order chi connectivity index (χ1) is 11.0. The number of nitrogens with zero attached hydrogens (tertiary/aromatic N) is 1. The lowest BCUT2D eigenvalue weighted by atomic mass is 10.2. The smallest absolute Gasteiger partial charge is 0.331 e. The third kappa shape index (κ3) is 5.24. The third-order valence-electron chi connectivity index (χ3n) is 2.82. The Balaban J connectivity index is 1.87. The van der Waals surface area contributed by atoms with E-state index in [4.69, 9.17) is 10.5 Å². The molecule has 0 aliphatic rings. The van der Waals surface area contributed by atoms with Gasteiger partial charge < -0.3 is 15.8 Å². The molecule has 7 nitrogen and oxygen atoms in total. The molecule has 2 aromatic rings. The van der Waals surface area contributed by atoms with Crippen LogP contribution in [0.15, 0.2) is 42.5 Å². The minimum Gasteiger partial charge on any atom is -0.452 e. The number of amides is 2. The van der Waals surface area contributed by atoms with Crippen LogP contribution in [0.4, 0.5) is 0 Å². The number of carbonyl (C=O) groups excluding carboxylic acids is 3. The molecule has 0 atom stereocenters. The van der Waals surface area contributed by atoms with Gasteiger partial charge in [0.05, 0.1) is 17.8 Å². The Morgan fingerprint density at radius 1 is 1.17 bits per heavy atom. The molecule has 0 bridgehead atoms. The molecule has 7 heteroatoms. The number of nitrogens with two attached hydrogens (primary N) is 1. The summed E-state index contributed by atoms with van der Waals surface area (Å²) in [6.45, 7) is -0.783. The average Bonchev–Trinajstić information content (AvgIpc) is 2.56. The summed E-state index contributed by atoms with van der Waals surface area (Å²) in [5, 5.41) is 3.20. The van der Waals surface area contributed by atoms with Gasteiger partial charge in [-0.1, -0.05) is 24.3 Å². The Morgan fingerprint density at radius 3 is 2.74 bits per heavy atom. The Labute approximate surface area is 132 Å². The second kappa shape index (κ2) is 7.69. The molecular formula is C16H15N3O4. The third-order valence-corrected chi connectivity index (χ3v) is 2.82. The van der Waals surface area contributed by atoms with Crippen molar-refractivity contribution in [3.05, 3.63) is 48.2 Å². The molecule has 3 N–H and O–H groups in total. The number of nitrogens with one attached hydrogen (secondary N) is 1. The maximum Gasteiger partial charge on any atom is 0.331 e. The van der Waals surface area contributed by atoms with Gasteiger partial charge in [0.25, 0.3) is 5.91 Å². The Morgan fingerprint density at radius 2 is 1.96 bits per heavy atom. The number of primary amides is 1. The number of carbonyl (C=O) groups is 3. The lowest BCUT2D eigenvalue weighted by Crippen LogP contribution is -2.35. The van der Waals surface area contributed by atoms with Gasteiger partial charge in [0.1, 0.15) is 0 Å². The zero-order valence-electron chi connectivity index (χ0n) is 12.2. The van der Waals surface area contributed by atoms with Crippen molar-refractivity contribution in [1.29, 1.82) is 0 Å². The molecule has 2 rings (SSSR count). The number of hydrogen-bond donors (Lipinski definition) is 2. The Kier molecular flexibility index (Phi) is 5.40. The highest BCUT2D eigenvalue weighted by Crippen LogP contribution is 2.12. The van der Waals surface area contributed by atoms with Crippen molar-refractivity contribution < 1.29 is 19.1 Å². The Hall–Kier alpha value is -3.22. The normalized spacial score (nSPS) is 10.6. The van der Waals surface area contributed by atoms with E-state index in [0.717, 1.165) is 10.9 Å². The van der Waals surface area contributed by atoms with Crippen molar-refractivity contribution in [1.82, 2.24) is 10.3 Å². The lowest BCUT2D eigenvalue weighted by Gasteiger charge is -2.02. The van der Waals surface area contributed by atoms with Crippen LogP contribution in [0.1, 0.15) is 5.69 Å². The molecule has 23 heavy (non-hydrogen) atoms. The molecular weight excluding hydrogens is 298 g/mol. The number of fused-ring (bicyclic) bond motifs is 1. The van der Waals surface area contributed by atoms with Crippen LogP contribution in [-0.2, 0) is 19.1 Å². The summed E-state index contributed by atoms with van der Waals surface area (Å²) in [4.78, 5) is 37.6. The van der Waals surface area contributed by atoms with Gasteiger partial charge in [-0.05, 0) is 18.2 Å². The first-order valence-electron chi connectivity index (χ1n) is 6.80. The van der Waals surface area contributed by atoms with Crippen molar-refractivity contribution in [2.75, 3.05) is 13.2 Å².